The smallest absolute Gasteiger partial charge is 0.407 e. The van der Waals surface area contributed by atoms with Crippen molar-refractivity contribution in [3.63, 3.8) is 0 Å². The van der Waals surface area contributed by atoms with Crippen molar-refractivity contribution in [2.75, 3.05) is 17.7 Å². The number of ether oxygens (including phenoxy) is 1. The van der Waals surface area contributed by atoms with Crippen LogP contribution in [0.1, 0.15) is 45.9 Å². The number of carbonyl (C=O) groups is 2. The van der Waals surface area contributed by atoms with E-state index in [1.165, 1.54) is 5.56 Å². The number of nitrogen functional groups attached to an aromatic ring is 1. The van der Waals surface area contributed by atoms with Gasteiger partial charge in [0.25, 0.3) is 5.91 Å². The number of para-hydroxylation sites is 2. The first kappa shape index (κ1) is 21.4. The SMILES string of the molecule is Nc1ccccc1NC(=O)c1ccc2c(c1)CCC2NC(=O)OCCCc1ccccc1. The molecule has 1 atom stereocenters. The molecule has 0 saturated heterocycles. The topological polar surface area (TPSA) is 93.5 Å². The molecule has 3 aromatic carbocycles. The van der Waals surface area contributed by atoms with Crippen LogP contribution in [0.5, 0.6) is 0 Å². The molecular weight excluding hydrogens is 402 g/mol. The Morgan fingerprint density at radius 2 is 1.78 bits per heavy atom. The molecule has 1 aliphatic rings. The minimum Gasteiger partial charge on any atom is -0.450 e. The highest BCUT2D eigenvalue weighted by Crippen LogP contribution is 2.32. The van der Waals surface area contributed by atoms with Crippen molar-refractivity contribution in [3.05, 3.63) is 95.1 Å². The van der Waals surface area contributed by atoms with E-state index in [-0.39, 0.29) is 11.9 Å². The van der Waals surface area contributed by atoms with Crippen LogP contribution in [-0.4, -0.2) is 18.6 Å². The number of hydrogen-bond acceptors (Lipinski definition) is 4. The van der Waals surface area contributed by atoms with Crippen molar-refractivity contribution in [3.8, 4) is 0 Å². The third-order valence-corrected chi connectivity index (χ3v) is 5.67. The van der Waals surface area contributed by atoms with E-state index in [0.29, 0.717) is 23.5 Å². The summed E-state index contributed by atoms with van der Waals surface area (Å²) < 4.78 is 5.35. The fourth-order valence-corrected chi connectivity index (χ4v) is 3.98. The summed E-state index contributed by atoms with van der Waals surface area (Å²) in [5.74, 6) is -0.208. The molecule has 6 heteroatoms. The Hall–Kier alpha value is -3.80. The highest BCUT2D eigenvalue weighted by molar-refractivity contribution is 6.05. The van der Waals surface area contributed by atoms with Crippen LogP contribution in [0.4, 0.5) is 16.2 Å². The van der Waals surface area contributed by atoms with Gasteiger partial charge in [-0.25, -0.2) is 4.79 Å². The normalized spacial score (nSPS) is 14.4. The van der Waals surface area contributed by atoms with Crippen LogP contribution >= 0.6 is 0 Å². The van der Waals surface area contributed by atoms with Crippen molar-refractivity contribution in [2.24, 2.45) is 0 Å². The predicted octanol–water partition coefficient (Wildman–Crippen LogP) is 4.87. The number of nitrogens with two attached hydrogens (primary N) is 1. The number of anilines is 2. The molecular formula is C26H27N3O3. The molecule has 0 spiro atoms. The first-order valence-electron chi connectivity index (χ1n) is 10.9. The second-order valence-corrected chi connectivity index (χ2v) is 7.92. The van der Waals surface area contributed by atoms with Gasteiger partial charge in [0, 0.05) is 5.56 Å². The van der Waals surface area contributed by atoms with Crippen molar-refractivity contribution in [1.82, 2.24) is 5.32 Å². The number of benzene rings is 3. The van der Waals surface area contributed by atoms with Crippen molar-refractivity contribution < 1.29 is 14.3 Å². The minimum atomic E-state index is -0.405. The van der Waals surface area contributed by atoms with E-state index in [9.17, 15) is 9.59 Å². The van der Waals surface area contributed by atoms with Gasteiger partial charge in [-0.3, -0.25) is 4.79 Å². The Morgan fingerprint density at radius 3 is 2.59 bits per heavy atom. The summed E-state index contributed by atoms with van der Waals surface area (Å²) in [7, 11) is 0. The van der Waals surface area contributed by atoms with E-state index >= 15 is 0 Å². The quantitative estimate of drug-likeness (QED) is 0.369. The number of nitrogens with one attached hydrogen (secondary N) is 2. The molecule has 164 valence electrons. The number of rotatable bonds is 7. The first-order chi connectivity index (χ1) is 15.6. The van der Waals surface area contributed by atoms with Gasteiger partial charge < -0.3 is 21.1 Å². The van der Waals surface area contributed by atoms with Crippen LogP contribution in [0.3, 0.4) is 0 Å². The van der Waals surface area contributed by atoms with Gasteiger partial charge in [-0.05, 0) is 66.6 Å². The zero-order valence-electron chi connectivity index (χ0n) is 17.8. The summed E-state index contributed by atoms with van der Waals surface area (Å²) in [5, 5.41) is 5.80. The Morgan fingerprint density at radius 1 is 1.00 bits per heavy atom. The van der Waals surface area contributed by atoms with Crippen LogP contribution < -0.4 is 16.4 Å². The van der Waals surface area contributed by atoms with Crippen LogP contribution in [0.2, 0.25) is 0 Å². The average molecular weight is 430 g/mol. The monoisotopic (exact) mass is 429 g/mol. The second kappa shape index (κ2) is 10.0. The fraction of sp³-hybridized carbons (Fsp3) is 0.231. The Labute approximate surface area is 187 Å². The zero-order chi connectivity index (χ0) is 22.3. The lowest BCUT2D eigenvalue weighted by atomic mass is 10.0. The van der Waals surface area contributed by atoms with E-state index in [1.807, 2.05) is 42.5 Å². The summed E-state index contributed by atoms with van der Waals surface area (Å²) in [6.07, 6.45) is 2.83. The van der Waals surface area contributed by atoms with Gasteiger partial charge in [-0.15, -0.1) is 0 Å². The molecule has 0 bridgehead atoms. The van der Waals surface area contributed by atoms with Gasteiger partial charge in [0.1, 0.15) is 0 Å². The molecule has 0 radical (unpaired) electrons. The lowest BCUT2D eigenvalue weighted by Gasteiger charge is -2.15. The number of carbonyl (C=O) groups excluding carboxylic acids is 2. The predicted molar refractivity (Wildman–Crippen MR) is 126 cm³/mol. The number of aryl methyl sites for hydroxylation is 2. The van der Waals surface area contributed by atoms with E-state index < -0.39 is 6.09 Å². The van der Waals surface area contributed by atoms with Crippen LogP contribution in [0.15, 0.2) is 72.8 Å². The van der Waals surface area contributed by atoms with Gasteiger partial charge >= 0.3 is 6.09 Å². The van der Waals surface area contributed by atoms with Crippen LogP contribution in [-0.2, 0) is 17.6 Å². The minimum absolute atomic E-state index is 0.103. The molecule has 0 saturated carbocycles. The molecule has 0 aliphatic heterocycles. The summed E-state index contributed by atoms with van der Waals surface area (Å²) in [6.45, 7) is 0.377. The van der Waals surface area contributed by atoms with Crippen molar-refractivity contribution >= 4 is 23.4 Å². The standard InChI is InChI=1S/C26H27N3O3/c27-22-10-4-5-11-24(22)28-25(30)20-12-14-21-19(17-20)13-15-23(21)29-26(31)32-16-6-9-18-7-2-1-3-8-18/h1-5,7-8,10-12,14,17,23H,6,9,13,15-16,27H2,(H,28,30)(H,29,31). The van der Waals surface area contributed by atoms with Crippen LogP contribution in [0.25, 0.3) is 0 Å². The highest BCUT2D eigenvalue weighted by atomic mass is 16.5. The maximum Gasteiger partial charge on any atom is 0.407 e. The summed E-state index contributed by atoms with van der Waals surface area (Å²) in [6, 6.07) is 22.8. The molecule has 0 fully saturated rings. The van der Waals surface area contributed by atoms with E-state index in [2.05, 4.69) is 22.8 Å². The average Bonchev–Trinajstić information content (AvgIpc) is 3.21. The maximum atomic E-state index is 12.6. The molecule has 4 N–H and O–H groups in total. The third-order valence-electron chi connectivity index (χ3n) is 5.67. The summed E-state index contributed by atoms with van der Waals surface area (Å²) in [5.41, 5.74) is 10.9. The molecule has 2 amide bonds. The largest absolute Gasteiger partial charge is 0.450 e. The lowest BCUT2D eigenvalue weighted by Crippen LogP contribution is -2.28. The molecule has 6 nitrogen and oxygen atoms in total. The molecule has 0 heterocycles. The second-order valence-electron chi connectivity index (χ2n) is 7.92. The molecule has 1 aliphatic carbocycles. The van der Waals surface area contributed by atoms with E-state index in [0.717, 1.165) is 36.8 Å². The third kappa shape index (κ3) is 5.27. The highest BCUT2D eigenvalue weighted by Gasteiger charge is 2.25. The van der Waals surface area contributed by atoms with E-state index in [4.69, 9.17) is 10.5 Å². The molecule has 4 rings (SSSR count). The van der Waals surface area contributed by atoms with Gasteiger partial charge in [0.05, 0.1) is 24.0 Å². The zero-order valence-corrected chi connectivity index (χ0v) is 17.8. The molecule has 3 aromatic rings. The first-order valence-corrected chi connectivity index (χ1v) is 10.9. The Bertz CT molecular complexity index is 1100. The summed E-state index contributed by atoms with van der Waals surface area (Å²) in [4.78, 5) is 24.8. The molecule has 0 aromatic heterocycles. The number of amides is 2. The number of alkyl carbamates (subject to hydrolysis) is 1. The Kier molecular flexibility index (Phi) is 6.70. The van der Waals surface area contributed by atoms with Crippen molar-refractivity contribution in [2.45, 2.75) is 31.7 Å². The fourth-order valence-electron chi connectivity index (χ4n) is 3.98. The van der Waals surface area contributed by atoms with Gasteiger partial charge in [0.15, 0.2) is 0 Å². The van der Waals surface area contributed by atoms with Gasteiger partial charge in [-0.2, -0.15) is 0 Å². The van der Waals surface area contributed by atoms with Gasteiger partial charge in [-0.1, -0.05) is 48.5 Å². The van der Waals surface area contributed by atoms with Crippen LogP contribution in [0, 0.1) is 0 Å². The Balaban J connectivity index is 1.29. The van der Waals surface area contributed by atoms with Crippen molar-refractivity contribution in [1.29, 1.82) is 0 Å². The van der Waals surface area contributed by atoms with Gasteiger partial charge in [0.2, 0.25) is 0 Å². The molecule has 1 unspecified atom stereocenters. The molecule has 32 heavy (non-hydrogen) atoms. The number of fused-ring (bicyclic) bond motifs is 1. The maximum absolute atomic E-state index is 12.6. The summed E-state index contributed by atoms with van der Waals surface area (Å²) >= 11 is 0. The number of hydrogen-bond donors (Lipinski definition) is 3. The lowest BCUT2D eigenvalue weighted by molar-refractivity contribution is 0.102. The van der Waals surface area contributed by atoms with E-state index in [1.54, 1.807) is 18.2 Å².